The van der Waals surface area contributed by atoms with E-state index in [0.717, 1.165) is 31.6 Å². The lowest BCUT2D eigenvalue weighted by Crippen LogP contribution is -2.39. The highest BCUT2D eigenvalue weighted by Gasteiger charge is 2.11. The van der Waals surface area contributed by atoms with E-state index in [2.05, 4.69) is 41.8 Å². The number of rotatable bonds is 13. The second kappa shape index (κ2) is 13.8. The van der Waals surface area contributed by atoms with Crippen LogP contribution in [0.3, 0.4) is 0 Å². The van der Waals surface area contributed by atoms with Crippen LogP contribution >= 0.6 is 12.2 Å². The number of methoxy groups -OCH3 is 1. The summed E-state index contributed by atoms with van der Waals surface area (Å²) in [6.07, 6.45) is 4.46. The molecule has 1 unspecified atom stereocenters. The molecule has 164 valence electrons. The van der Waals surface area contributed by atoms with Crippen LogP contribution in [0, 0.1) is 5.92 Å². The highest BCUT2D eigenvalue weighted by atomic mass is 32.1. The largest absolute Gasteiger partial charge is 0.504 e. The first-order valence-electron chi connectivity index (χ1n) is 10.6. The summed E-state index contributed by atoms with van der Waals surface area (Å²) in [5, 5.41) is 16.8. The van der Waals surface area contributed by atoms with E-state index in [4.69, 9.17) is 21.7 Å². The van der Waals surface area contributed by atoms with Gasteiger partial charge in [-0.25, -0.2) is 0 Å². The van der Waals surface area contributed by atoms with Gasteiger partial charge in [0.1, 0.15) is 0 Å². The highest BCUT2D eigenvalue weighted by molar-refractivity contribution is 7.80. The molecule has 3 N–H and O–H groups in total. The number of hydrogen-bond acceptors (Lipinski definition) is 4. The third-order valence-electron chi connectivity index (χ3n) is 4.86. The summed E-state index contributed by atoms with van der Waals surface area (Å²) in [6.45, 7) is 5.02. The predicted octanol–water partition coefficient (Wildman–Crippen LogP) is 4.43. The van der Waals surface area contributed by atoms with Crippen molar-refractivity contribution in [3.63, 3.8) is 0 Å². The molecule has 2 aromatic rings. The van der Waals surface area contributed by atoms with Crippen molar-refractivity contribution in [3.05, 3.63) is 59.7 Å². The number of phenols is 1. The van der Waals surface area contributed by atoms with Crippen LogP contribution in [0.4, 0.5) is 0 Å². The van der Waals surface area contributed by atoms with Gasteiger partial charge in [0.15, 0.2) is 16.6 Å². The van der Waals surface area contributed by atoms with Crippen molar-refractivity contribution in [2.45, 2.75) is 39.2 Å². The fraction of sp³-hybridized carbons (Fsp3) is 0.458. The van der Waals surface area contributed by atoms with Gasteiger partial charge in [-0.1, -0.05) is 56.2 Å². The lowest BCUT2D eigenvalue weighted by Gasteiger charge is -2.20. The average Bonchev–Trinajstić information content (AvgIpc) is 2.77. The molecule has 0 aliphatic carbocycles. The van der Waals surface area contributed by atoms with Crippen LogP contribution in [0.5, 0.6) is 11.5 Å². The Hall–Kier alpha value is -2.31. The molecular formula is C24H34N2O3S. The summed E-state index contributed by atoms with van der Waals surface area (Å²) in [5.74, 6) is 0.920. The van der Waals surface area contributed by atoms with Gasteiger partial charge in [0.25, 0.3) is 0 Å². The minimum absolute atomic E-state index is 0.129. The summed E-state index contributed by atoms with van der Waals surface area (Å²) in [4.78, 5) is 0. The van der Waals surface area contributed by atoms with E-state index in [9.17, 15) is 5.11 Å². The first-order valence-corrected chi connectivity index (χ1v) is 11.0. The van der Waals surface area contributed by atoms with Crippen molar-refractivity contribution in [2.75, 3.05) is 26.9 Å². The standard InChI is InChI=1S/C24H34N2O3S/c1-3-4-8-13-29-18-21(14-19-9-6-5-7-10-19)17-26-24(30)25-16-20-11-12-22(27)23(15-20)28-2/h5-7,9-12,15,21,27H,3-4,8,13-14,16-18H2,1-2H3,(H2,25,26,30). The minimum Gasteiger partial charge on any atom is -0.504 e. The maximum absolute atomic E-state index is 9.70. The first kappa shape index (κ1) is 24.0. The van der Waals surface area contributed by atoms with Crippen molar-refractivity contribution in [2.24, 2.45) is 5.92 Å². The topological polar surface area (TPSA) is 62.8 Å². The summed E-state index contributed by atoms with van der Waals surface area (Å²) in [7, 11) is 1.54. The van der Waals surface area contributed by atoms with Crippen molar-refractivity contribution in [1.82, 2.24) is 10.6 Å². The number of ether oxygens (including phenoxy) is 2. The zero-order chi connectivity index (χ0) is 21.6. The Morgan fingerprint density at radius 3 is 2.60 bits per heavy atom. The van der Waals surface area contributed by atoms with E-state index in [1.54, 1.807) is 12.1 Å². The second-order valence-electron chi connectivity index (χ2n) is 7.41. The number of thiocarbonyl (C=S) groups is 1. The third-order valence-corrected chi connectivity index (χ3v) is 5.15. The Labute approximate surface area is 185 Å². The molecule has 0 saturated carbocycles. The molecule has 0 bridgehead atoms. The molecule has 0 aliphatic rings. The smallest absolute Gasteiger partial charge is 0.166 e. The Balaban J connectivity index is 1.81. The molecule has 6 heteroatoms. The van der Waals surface area contributed by atoms with Crippen LogP contribution in [0.15, 0.2) is 48.5 Å². The van der Waals surface area contributed by atoms with Crippen LogP contribution in [0.25, 0.3) is 0 Å². The molecule has 0 aromatic heterocycles. The van der Waals surface area contributed by atoms with Crippen LogP contribution in [0.2, 0.25) is 0 Å². The van der Waals surface area contributed by atoms with Crippen LogP contribution in [0.1, 0.15) is 37.3 Å². The van der Waals surface area contributed by atoms with Crippen molar-refractivity contribution < 1.29 is 14.6 Å². The Morgan fingerprint density at radius 1 is 1.07 bits per heavy atom. The average molecular weight is 431 g/mol. The first-order chi connectivity index (χ1) is 14.6. The highest BCUT2D eigenvalue weighted by Crippen LogP contribution is 2.26. The van der Waals surface area contributed by atoms with Crippen LogP contribution in [-0.2, 0) is 17.7 Å². The van der Waals surface area contributed by atoms with Crippen molar-refractivity contribution in [3.8, 4) is 11.5 Å². The number of hydrogen-bond donors (Lipinski definition) is 3. The number of aromatic hydroxyl groups is 1. The number of unbranched alkanes of at least 4 members (excludes halogenated alkanes) is 2. The zero-order valence-corrected chi connectivity index (χ0v) is 18.8. The van der Waals surface area contributed by atoms with Gasteiger partial charge in [-0.3, -0.25) is 0 Å². The second-order valence-corrected chi connectivity index (χ2v) is 7.82. The summed E-state index contributed by atoms with van der Waals surface area (Å²) in [5.41, 5.74) is 2.28. The van der Waals surface area contributed by atoms with Crippen LogP contribution in [-0.4, -0.2) is 37.1 Å². The molecule has 0 amide bonds. The molecule has 0 saturated heterocycles. The number of nitrogens with one attached hydrogen (secondary N) is 2. The van der Waals surface area contributed by atoms with Gasteiger partial charge in [0, 0.05) is 25.6 Å². The van der Waals surface area contributed by atoms with Gasteiger partial charge >= 0.3 is 0 Å². The van der Waals surface area contributed by atoms with Gasteiger partial charge in [-0.2, -0.15) is 0 Å². The van der Waals surface area contributed by atoms with Crippen LogP contribution < -0.4 is 15.4 Å². The van der Waals surface area contributed by atoms with E-state index >= 15 is 0 Å². The van der Waals surface area contributed by atoms with Gasteiger partial charge in [0.2, 0.25) is 0 Å². The molecule has 1 atom stereocenters. The van der Waals surface area contributed by atoms with Gasteiger partial charge in [-0.15, -0.1) is 0 Å². The quantitative estimate of drug-likeness (QED) is 0.323. The molecule has 0 fully saturated rings. The maximum Gasteiger partial charge on any atom is 0.166 e. The lowest BCUT2D eigenvalue weighted by atomic mass is 10.00. The summed E-state index contributed by atoms with van der Waals surface area (Å²) < 4.78 is 11.1. The molecular weight excluding hydrogens is 396 g/mol. The molecule has 2 aromatic carbocycles. The van der Waals surface area contributed by atoms with Gasteiger partial charge in [0.05, 0.1) is 13.7 Å². The third kappa shape index (κ3) is 9.01. The van der Waals surface area contributed by atoms with E-state index in [1.807, 2.05) is 12.1 Å². The van der Waals surface area contributed by atoms with Gasteiger partial charge < -0.3 is 25.2 Å². The van der Waals surface area contributed by atoms with Crippen molar-refractivity contribution >= 4 is 17.3 Å². The van der Waals surface area contributed by atoms with E-state index < -0.39 is 0 Å². The Kier molecular flexibility index (Phi) is 11.0. The molecule has 5 nitrogen and oxygen atoms in total. The number of phenolic OH excluding ortho intramolecular Hbond substituents is 1. The molecule has 30 heavy (non-hydrogen) atoms. The zero-order valence-electron chi connectivity index (χ0n) is 18.0. The van der Waals surface area contributed by atoms with E-state index in [1.165, 1.54) is 25.5 Å². The molecule has 0 heterocycles. The molecule has 0 spiro atoms. The molecule has 2 rings (SSSR count). The van der Waals surface area contributed by atoms with Crippen molar-refractivity contribution in [1.29, 1.82) is 0 Å². The molecule has 0 radical (unpaired) electrons. The lowest BCUT2D eigenvalue weighted by molar-refractivity contribution is 0.0971. The predicted molar refractivity (Wildman–Crippen MR) is 126 cm³/mol. The summed E-state index contributed by atoms with van der Waals surface area (Å²) in [6, 6.07) is 15.7. The number of benzene rings is 2. The SMILES string of the molecule is CCCCCOCC(CNC(=S)NCc1ccc(O)c(OC)c1)Cc1ccccc1. The Morgan fingerprint density at radius 2 is 1.87 bits per heavy atom. The maximum atomic E-state index is 9.70. The monoisotopic (exact) mass is 430 g/mol. The normalized spacial score (nSPS) is 11.7. The van der Waals surface area contributed by atoms with E-state index in [-0.39, 0.29) is 5.75 Å². The fourth-order valence-electron chi connectivity index (χ4n) is 3.16. The minimum atomic E-state index is 0.129. The Bertz CT molecular complexity index is 755. The fourth-order valence-corrected chi connectivity index (χ4v) is 3.31. The van der Waals surface area contributed by atoms with E-state index in [0.29, 0.717) is 29.9 Å². The summed E-state index contributed by atoms with van der Waals surface area (Å²) >= 11 is 5.45. The molecule has 0 aliphatic heterocycles. The van der Waals surface area contributed by atoms with Gasteiger partial charge in [-0.05, 0) is 48.3 Å².